The molecule has 14 heavy (non-hydrogen) atoms. The molecule has 1 unspecified atom stereocenters. The number of hydrogen-bond donors (Lipinski definition) is 2. The largest absolute Gasteiger partial charge is 0.324 e. The monoisotopic (exact) mass is 192 g/mol. The van der Waals surface area contributed by atoms with Gasteiger partial charge >= 0.3 is 0 Å². The number of para-hydroxylation sites is 1. The molecule has 0 aliphatic heterocycles. The van der Waals surface area contributed by atoms with E-state index in [1.54, 1.807) is 0 Å². The summed E-state index contributed by atoms with van der Waals surface area (Å²) in [5.74, 6) is 6.23. The maximum Gasteiger partial charge on any atom is 0.0517 e. The van der Waals surface area contributed by atoms with Gasteiger partial charge in [0.1, 0.15) is 0 Å². The van der Waals surface area contributed by atoms with Gasteiger partial charge < -0.3 is 5.43 Å². The van der Waals surface area contributed by atoms with Gasteiger partial charge in [-0.1, -0.05) is 38.5 Å². The predicted molar refractivity (Wildman–Crippen MR) is 62.0 cm³/mol. The van der Waals surface area contributed by atoms with E-state index in [0.29, 0.717) is 0 Å². The molecule has 1 aromatic rings. The minimum Gasteiger partial charge on any atom is -0.324 e. The van der Waals surface area contributed by atoms with Crippen LogP contribution in [-0.4, -0.2) is 0 Å². The number of nitrogens with two attached hydrogens (primary N) is 1. The van der Waals surface area contributed by atoms with Gasteiger partial charge in [-0.05, 0) is 30.4 Å². The Morgan fingerprint density at radius 2 is 2.07 bits per heavy atom. The minimum atomic E-state index is 0.792. The maximum absolute atomic E-state index is 5.44. The van der Waals surface area contributed by atoms with Crippen molar-refractivity contribution < 1.29 is 0 Å². The normalized spacial score (nSPS) is 12.5. The fourth-order valence-electron chi connectivity index (χ4n) is 1.49. The molecule has 0 saturated heterocycles. The van der Waals surface area contributed by atoms with Crippen LogP contribution in [-0.2, 0) is 6.42 Å². The van der Waals surface area contributed by atoms with Gasteiger partial charge in [0.25, 0.3) is 0 Å². The molecule has 1 atom stereocenters. The molecule has 1 aromatic carbocycles. The van der Waals surface area contributed by atoms with Crippen LogP contribution in [0.25, 0.3) is 0 Å². The lowest BCUT2D eigenvalue weighted by Crippen LogP contribution is -2.09. The first kappa shape index (κ1) is 11.1. The summed E-state index contributed by atoms with van der Waals surface area (Å²) in [4.78, 5) is 0. The Morgan fingerprint density at radius 1 is 1.36 bits per heavy atom. The number of aryl methyl sites for hydroxylation is 1. The first-order chi connectivity index (χ1) is 6.77. The molecule has 0 aromatic heterocycles. The third-order valence-electron chi connectivity index (χ3n) is 2.78. The van der Waals surface area contributed by atoms with E-state index < -0.39 is 0 Å². The fraction of sp³-hybridized carbons (Fsp3) is 0.500. The van der Waals surface area contributed by atoms with Gasteiger partial charge in [0.2, 0.25) is 0 Å². The maximum atomic E-state index is 5.44. The first-order valence-electron chi connectivity index (χ1n) is 5.32. The van der Waals surface area contributed by atoms with E-state index in [4.69, 9.17) is 5.84 Å². The lowest BCUT2D eigenvalue weighted by Gasteiger charge is -2.11. The van der Waals surface area contributed by atoms with Crippen LogP contribution in [0, 0.1) is 5.92 Å². The topological polar surface area (TPSA) is 38.0 Å². The van der Waals surface area contributed by atoms with Crippen molar-refractivity contribution in [3.63, 3.8) is 0 Å². The van der Waals surface area contributed by atoms with Crippen molar-refractivity contribution in [1.82, 2.24) is 0 Å². The van der Waals surface area contributed by atoms with E-state index in [1.165, 1.54) is 18.4 Å². The Bertz CT molecular complexity index is 271. The highest BCUT2D eigenvalue weighted by atomic mass is 15.2. The Balaban J connectivity index is 2.57. The van der Waals surface area contributed by atoms with Crippen LogP contribution >= 0.6 is 0 Å². The van der Waals surface area contributed by atoms with Crippen LogP contribution in [0.2, 0.25) is 0 Å². The van der Waals surface area contributed by atoms with E-state index in [1.807, 2.05) is 12.1 Å². The van der Waals surface area contributed by atoms with E-state index in [-0.39, 0.29) is 0 Å². The van der Waals surface area contributed by atoms with Crippen LogP contribution in [0.3, 0.4) is 0 Å². The van der Waals surface area contributed by atoms with Crippen molar-refractivity contribution in [2.24, 2.45) is 11.8 Å². The standard InChI is InChI=1S/C12H20N2/c1-3-10(2)8-9-11-6-4-5-7-12(11)14-13/h4-7,10,14H,3,8-9,13H2,1-2H3. The van der Waals surface area contributed by atoms with Crippen LogP contribution in [0.15, 0.2) is 24.3 Å². The number of anilines is 1. The van der Waals surface area contributed by atoms with Crippen molar-refractivity contribution in [2.45, 2.75) is 33.1 Å². The van der Waals surface area contributed by atoms with Crippen molar-refractivity contribution in [2.75, 3.05) is 5.43 Å². The van der Waals surface area contributed by atoms with Gasteiger partial charge in [-0.3, -0.25) is 5.84 Å². The molecule has 0 amide bonds. The molecule has 0 radical (unpaired) electrons. The Kier molecular flexibility index (Phi) is 4.47. The van der Waals surface area contributed by atoms with Gasteiger partial charge in [-0.2, -0.15) is 0 Å². The molecule has 3 N–H and O–H groups in total. The van der Waals surface area contributed by atoms with E-state index in [9.17, 15) is 0 Å². The van der Waals surface area contributed by atoms with Crippen LogP contribution in [0.1, 0.15) is 32.3 Å². The molecule has 0 aliphatic carbocycles. The molecule has 2 heteroatoms. The van der Waals surface area contributed by atoms with Crippen molar-refractivity contribution in [1.29, 1.82) is 0 Å². The number of benzene rings is 1. The quantitative estimate of drug-likeness (QED) is 0.556. The zero-order valence-corrected chi connectivity index (χ0v) is 9.09. The fourth-order valence-corrected chi connectivity index (χ4v) is 1.49. The third-order valence-corrected chi connectivity index (χ3v) is 2.78. The Morgan fingerprint density at radius 3 is 2.71 bits per heavy atom. The van der Waals surface area contributed by atoms with Crippen LogP contribution in [0.4, 0.5) is 5.69 Å². The third kappa shape index (κ3) is 3.04. The van der Waals surface area contributed by atoms with Crippen molar-refractivity contribution in [3.8, 4) is 0 Å². The summed E-state index contributed by atoms with van der Waals surface area (Å²) in [6.07, 6.45) is 3.59. The highest BCUT2D eigenvalue weighted by Crippen LogP contribution is 2.18. The number of hydrazine groups is 1. The second-order valence-corrected chi connectivity index (χ2v) is 3.85. The van der Waals surface area contributed by atoms with E-state index >= 15 is 0 Å². The van der Waals surface area contributed by atoms with Gasteiger partial charge in [0, 0.05) is 0 Å². The molecule has 0 bridgehead atoms. The predicted octanol–water partition coefficient (Wildman–Crippen LogP) is 2.95. The molecular weight excluding hydrogens is 172 g/mol. The highest BCUT2D eigenvalue weighted by Gasteiger charge is 2.03. The van der Waals surface area contributed by atoms with Crippen LogP contribution in [0.5, 0.6) is 0 Å². The van der Waals surface area contributed by atoms with Crippen LogP contribution < -0.4 is 11.3 Å². The van der Waals surface area contributed by atoms with Crippen molar-refractivity contribution in [3.05, 3.63) is 29.8 Å². The molecule has 0 aliphatic rings. The Labute approximate surface area is 86.5 Å². The lowest BCUT2D eigenvalue weighted by atomic mass is 9.98. The second kappa shape index (κ2) is 5.66. The number of hydrogen-bond acceptors (Lipinski definition) is 2. The smallest absolute Gasteiger partial charge is 0.0517 e. The first-order valence-corrected chi connectivity index (χ1v) is 5.32. The highest BCUT2D eigenvalue weighted by molar-refractivity contribution is 5.49. The van der Waals surface area contributed by atoms with Crippen molar-refractivity contribution >= 4 is 5.69 Å². The zero-order chi connectivity index (χ0) is 10.4. The summed E-state index contributed by atoms with van der Waals surface area (Å²) in [5.41, 5.74) is 5.10. The summed E-state index contributed by atoms with van der Waals surface area (Å²) >= 11 is 0. The summed E-state index contributed by atoms with van der Waals surface area (Å²) in [6.45, 7) is 4.52. The zero-order valence-electron chi connectivity index (χ0n) is 9.09. The molecule has 0 saturated carbocycles. The lowest BCUT2D eigenvalue weighted by molar-refractivity contribution is 0.517. The number of nitrogens with one attached hydrogen (secondary N) is 1. The van der Waals surface area contributed by atoms with Gasteiger partial charge in [0.05, 0.1) is 5.69 Å². The van der Waals surface area contributed by atoms with Gasteiger partial charge in [-0.25, -0.2) is 0 Å². The molecule has 0 spiro atoms. The van der Waals surface area contributed by atoms with Gasteiger partial charge in [-0.15, -0.1) is 0 Å². The number of nitrogen functional groups attached to an aromatic ring is 1. The molecule has 1 rings (SSSR count). The summed E-state index contributed by atoms with van der Waals surface area (Å²) in [5, 5.41) is 0. The summed E-state index contributed by atoms with van der Waals surface area (Å²) < 4.78 is 0. The summed E-state index contributed by atoms with van der Waals surface area (Å²) in [6, 6.07) is 8.22. The SMILES string of the molecule is CCC(C)CCc1ccccc1NN. The average Bonchev–Trinajstić information content (AvgIpc) is 2.26. The van der Waals surface area contributed by atoms with E-state index in [2.05, 4.69) is 31.4 Å². The second-order valence-electron chi connectivity index (χ2n) is 3.85. The summed E-state index contributed by atoms with van der Waals surface area (Å²) in [7, 11) is 0. The van der Waals surface area contributed by atoms with E-state index in [0.717, 1.165) is 18.0 Å². The number of rotatable bonds is 5. The molecular formula is C12H20N2. The molecule has 0 heterocycles. The average molecular weight is 192 g/mol. The minimum absolute atomic E-state index is 0.792. The Hall–Kier alpha value is -1.02. The van der Waals surface area contributed by atoms with Gasteiger partial charge in [0.15, 0.2) is 0 Å². The molecule has 2 nitrogen and oxygen atoms in total. The molecule has 0 fully saturated rings. The molecule has 78 valence electrons.